The predicted octanol–water partition coefficient (Wildman–Crippen LogP) is 2.46. The molecule has 0 aromatic heterocycles. The molecule has 0 amide bonds. The molecular weight excluding hydrogens is 266 g/mol. The van der Waals surface area contributed by atoms with E-state index in [9.17, 15) is 5.11 Å². The summed E-state index contributed by atoms with van der Waals surface area (Å²) in [4.78, 5) is 2.25. The summed E-state index contributed by atoms with van der Waals surface area (Å²) in [5.74, 6) is 1.52. The van der Waals surface area contributed by atoms with Crippen LogP contribution in [0.5, 0.6) is 11.5 Å². The molecule has 4 rings (SSSR count). The standard InChI is InChI=1S/C17H17NO3/c19-15-10-18(8-12-4-2-1-3-5-12)9-13-6-16-17(7-14(13)15)21-11-20-16/h1-7,15,19H,8-11H2/t15-/m0/s1. The molecule has 2 aromatic carbocycles. The number of fused-ring (bicyclic) bond motifs is 2. The maximum Gasteiger partial charge on any atom is 0.231 e. The third-order valence-electron chi connectivity index (χ3n) is 4.07. The minimum absolute atomic E-state index is 0.266. The van der Waals surface area contributed by atoms with Gasteiger partial charge in [0.1, 0.15) is 0 Å². The van der Waals surface area contributed by atoms with Gasteiger partial charge in [0.15, 0.2) is 11.5 Å². The van der Waals surface area contributed by atoms with Gasteiger partial charge in [-0.05, 0) is 28.8 Å². The van der Waals surface area contributed by atoms with Gasteiger partial charge in [-0.15, -0.1) is 0 Å². The SMILES string of the molecule is O[C@H]1CN(Cc2ccccc2)Cc2cc3c(cc21)OCO3. The van der Waals surface area contributed by atoms with Crippen LogP contribution in [0.4, 0.5) is 0 Å². The summed E-state index contributed by atoms with van der Waals surface area (Å²) in [6.45, 7) is 2.56. The van der Waals surface area contributed by atoms with Crippen molar-refractivity contribution >= 4 is 0 Å². The Morgan fingerprint density at radius 3 is 2.67 bits per heavy atom. The Kier molecular flexibility index (Phi) is 3.05. The van der Waals surface area contributed by atoms with E-state index >= 15 is 0 Å². The number of rotatable bonds is 2. The number of hydrogen-bond acceptors (Lipinski definition) is 4. The fourth-order valence-corrected chi connectivity index (χ4v) is 3.06. The molecule has 0 radical (unpaired) electrons. The maximum absolute atomic E-state index is 10.4. The van der Waals surface area contributed by atoms with E-state index in [1.165, 1.54) is 5.56 Å². The second kappa shape index (κ2) is 5.06. The van der Waals surface area contributed by atoms with Gasteiger partial charge in [-0.25, -0.2) is 0 Å². The smallest absolute Gasteiger partial charge is 0.231 e. The van der Waals surface area contributed by atoms with Crippen LogP contribution in [0.15, 0.2) is 42.5 Å². The van der Waals surface area contributed by atoms with E-state index in [4.69, 9.17) is 9.47 Å². The molecule has 0 saturated carbocycles. The molecule has 4 heteroatoms. The number of nitrogens with zero attached hydrogens (tertiary/aromatic N) is 1. The molecule has 21 heavy (non-hydrogen) atoms. The highest BCUT2D eigenvalue weighted by Crippen LogP contribution is 2.39. The van der Waals surface area contributed by atoms with Gasteiger partial charge < -0.3 is 14.6 Å². The first-order valence-corrected chi connectivity index (χ1v) is 7.16. The largest absolute Gasteiger partial charge is 0.454 e. The Balaban J connectivity index is 1.60. The number of aliphatic hydroxyl groups excluding tert-OH is 1. The number of ether oxygens (including phenoxy) is 2. The van der Waals surface area contributed by atoms with Crippen LogP contribution in [0.1, 0.15) is 22.8 Å². The summed E-state index contributed by atoms with van der Waals surface area (Å²) in [5.41, 5.74) is 3.34. The molecule has 4 nitrogen and oxygen atoms in total. The normalized spacial score (nSPS) is 20.3. The zero-order valence-electron chi connectivity index (χ0n) is 11.7. The lowest BCUT2D eigenvalue weighted by Crippen LogP contribution is -2.33. The Hall–Kier alpha value is -2.04. The Morgan fingerprint density at radius 2 is 1.86 bits per heavy atom. The Labute approximate surface area is 123 Å². The van der Waals surface area contributed by atoms with Crippen LogP contribution in [-0.4, -0.2) is 23.3 Å². The number of aliphatic hydroxyl groups is 1. The highest BCUT2D eigenvalue weighted by molar-refractivity contribution is 5.50. The monoisotopic (exact) mass is 283 g/mol. The maximum atomic E-state index is 10.4. The molecule has 0 unspecified atom stereocenters. The van der Waals surface area contributed by atoms with Crippen molar-refractivity contribution in [1.82, 2.24) is 4.90 Å². The Bertz CT molecular complexity index is 657. The van der Waals surface area contributed by atoms with Crippen LogP contribution in [0.3, 0.4) is 0 Å². The van der Waals surface area contributed by atoms with Gasteiger partial charge in [-0.3, -0.25) is 4.90 Å². The topological polar surface area (TPSA) is 41.9 Å². The first-order chi connectivity index (χ1) is 10.3. The highest BCUT2D eigenvalue weighted by atomic mass is 16.7. The molecule has 0 bridgehead atoms. The Morgan fingerprint density at radius 1 is 1.10 bits per heavy atom. The second-order valence-corrected chi connectivity index (χ2v) is 5.58. The van der Waals surface area contributed by atoms with Crippen LogP contribution in [-0.2, 0) is 13.1 Å². The molecule has 2 aliphatic rings. The lowest BCUT2D eigenvalue weighted by molar-refractivity contribution is 0.0880. The molecule has 0 aliphatic carbocycles. The van der Waals surface area contributed by atoms with Crippen LogP contribution in [0.2, 0.25) is 0 Å². The van der Waals surface area contributed by atoms with Gasteiger partial charge in [-0.1, -0.05) is 30.3 Å². The average Bonchev–Trinajstić information content (AvgIpc) is 2.94. The van der Waals surface area contributed by atoms with Crippen molar-refractivity contribution in [3.05, 3.63) is 59.2 Å². The number of hydrogen-bond donors (Lipinski definition) is 1. The fraction of sp³-hybridized carbons (Fsp3) is 0.294. The van der Waals surface area contributed by atoms with Gasteiger partial charge in [-0.2, -0.15) is 0 Å². The van der Waals surface area contributed by atoms with Crippen molar-refractivity contribution in [2.24, 2.45) is 0 Å². The van der Waals surface area contributed by atoms with Gasteiger partial charge >= 0.3 is 0 Å². The molecule has 0 saturated heterocycles. The van der Waals surface area contributed by atoms with E-state index in [0.717, 1.165) is 35.7 Å². The molecule has 2 aromatic rings. The van der Waals surface area contributed by atoms with E-state index in [1.807, 2.05) is 30.3 Å². The van der Waals surface area contributed by atoms with Crippen molar-refractivity contribution in [3.8, 4) is 11.5 Å². The van der Waals surface area contributed by atoms with Gasteiger partial charge in [0.2, 0.25) is 6.79 Å². The van der Waals surface area contributed by atoms with Crippen molar-refractivity contribution in [2.75, 3.05) is 13.3 Å². The number of benzene rings is 2. The first-order valence-electron chi connectivity index (χ1n) is 7.16. The minimum Gasteiger partial charge on any atom is -0.454 e. The molecule has 0 spiro atoms. The van der Waals surface area contributed by atoms with E-state index in [1.54, 1.807) is 0 Å². The highest BCUT2D eigenvalue weighted by Gasteiger charge is 2.27. The molecule has 2 aliphatic heterocycles. The van der Waals surface area contributed by atoms with E-state index in [0.29, 0.717) is 6.54 Å². The number of β-amino-alcohol motifs (C(OH)–C–C–N with tert-alkyl or cyclic N) is 1. The third-order valence-corrected chi connectivity index (χ3v) is 4.07. The minimum atomic E-state index is -0.480. The lowest BCUT2D eigenvalue weighted by Gasteiger charge is -2.32. The lowest BCUT2D eigenvalue weighted by atomic mass is 9.96. The zero-order valence-corrected chi connectivity index (χ0v) is 11.7. The molecule has 0 fully saturated rings. The van der Waals surface area contributed by atoms with Crippen molar-refractivity contribution < 1.29 is 14.6 Å². The molecular formula is C17H17NO3. The van der Waals surface area contributed by atoms with Crippen LogP contribution in [0, 0.1) is 0 Å². The summed E-state index contributed by atoms with van der Waals surface area (Å²) >= 11 is 0. The summed E-state index contributed by atoms with van der Waals surface area (Å²) in [6, 6.07) is 14.2. The predicted molar refractivity (Wildman–Crippen MR) is 78.1 cm³/mol. The van der Waals surface area contributed by atoms with Gasteiger partial charge in [0.25, 0.3) is 0 Å². The molecule has 2 heterocycles. The van der Waals surface area contributed by atoms with Crippen LogP contribution < -0.4 is 9.47 Å². The van der Waals surface area contributed by atoms with Crippen molar-refractivity contribution in [1.29, 1.82) is 0 Å². The van der Waals surface area contributed by atoms with Crippen LogP contribution in [0.25, 0.3) is 0 Å². The van der Waals surface area contributed by atoms with Crippen molar-refractivity contribution in [3.63, 3.8) is 0 Å². The van der Waals surface area contributed by atoms with Crippen LogP contribution >= 0.6 is 0 Å². The van der Waals surface area contributed by atoms with Gasteiger partial charge in [0.05, 0.1) is 6.10 Å². The van der Waals surface area contributed by atoms with E-state index < -0.39 is 6.10 Å². The van der Waals surface area contributed by atoms with Gasteiger partial charge in [0, 0.05) is 19.6 Å². The van der Waals surface area contributed by atoms with E-state index in [-0.39, 0.29) is 6.79 Å². The zero-order chi connectivity index (χ0) is 14.2. The van der Waals surface area contributed by atoms with Crippen molar-refractivity contribution in [2.45, 2.75) is 19.2 Å². The summed E-state index contributed by atoms with van der Waals surface area (Å²) < 4.78 is 10.8. The summed E-state index contributed by atoms with van der Waals surface area (Å²) in [5, 5.41) is 10.4. The molecule has 1 atom stereocenters. The second-order valence-electron chi connectivity index (χ2n) is 5.58. The quantitative estimate of drug-likeness (QED) is 0.919. The van der Waals surface area contributed by atoms with E-state index in [2.05, 4.69) is 17.0 Å². The fourth-order valence-electron chi connectivity index (χ4n) is 3.06. The molecule has 108 valence electrons. The third kappa shape index (κ3) is 2.37. The summed E-state index contributed by atoms with van der Waals surface area (Å²) in [7, 11) is 0. The summed E-state index contributed by atoms with van der Waals surface area (Å²) in [6.07, 6.45) is -0.480. The average molecular weight is 283 g/mol. The molecule has 1 N–H and O–H groups in total. The first kappa shape index (κ1) is 12.7.